The van der Waals surface area contributed by atoms with Gasteiger partial charge in [-0.1, -0.05) is 29.3 Å². The SMILES string of the molecule is CCOc1cc2c(cc1OC)-c1cc(=Nc3c(C)cc(C)cc3C)n(CCNC(=O)/C(N)=C(/N)Cl)c(=O)n1CC2. The third kappa shape index (κ3) is 5.72. The maximum Gasteiger partial charge on any atom is 0.330 e. The van der Waals surface area contributed by atoms with Crippen LogP contribution in [0.1, 0.15) is 29.2 Å². The van der Waals surface area contributed by atoms with Crippen molar-refractivity contribution in [1.29, 1.82) is 0 Å². The molecule has 40 heavy (non-hydrogen) atoms. The number of benzene rings is 2. The highest BCUT2D eigenvalue weighted by atomic mass is 35.5. The van der Waals surface area contributed by atoms with Crippen LogP contribution in [-0.4, -0.2) is 35.3 Å². The van der Waals surface area contributed by atoms with E-state index in [4.69, 9.17) is 37.5 Å². The minimum Gasteiger partial charge on any atom is -0.493 e. The van der Waals surface area contributed by atoms with Crippen molar-refractivity contribution in [3.05, 3.63) is 79.4 Å². The summed E-state index contributed by atoms with van der Waals surface area (Å²) in [6.07, 6.45) is 0.645. The molecule has 10 nitrogen and oxygen atoms in total. The lowest BCUT2D eigenvalue weighted by Gasteiger charge is -2.25. The average molecular weight is 567 g/mol. The Labute approximate surface area is 237 Å². The van der Waals surface area contributed by atoms with E-state index in [0.29, 0.717) is 36.6 Å². The number of rotatable bonds is 8. The molecule has 0 saturated heterocycles. The number of amides is 1. The number of fused-ring (bicyclic) bond motifs is 3. The number of hydrogen-bond donors (Lipinski definition) is 3. The van der Waals surface area contributed by atoms with Gasteiger partial charge in [0.2, 0.25) is 0 Å². The van der Waals surface area contributed by atoms with E-state index in [-0.39, 0.29) is 29.6 Å². The van der Waals surface area contributed by atoms with Gasteiger partial charge in [-0.2, -0.15) is 0 Å². The summed E-state index contributed by atoms with van der Waals surface area (Å²) >= 11 is 5.65. The molecule has 212 valence electrons. The molecule has 1 aliphatic heterocycles. The van der Waals surface area contributed by atoms with Crippen molar-refractivity contribution < 1.29 is 14.3 Å². The summed E-state index contributed by atoms with van der Waals surface area (Å²) in [5.74, 6) is 0.651. The molecule has 0 radical (unpaired) electrons. The molecule has 2 heterocycles. The number of hydrogen-bond acceptors (Lipinski definition) is 7. The second kappa shape index (κ2) is 11.9. The minimum atomic E-state index is -0.610. The van der Waals surface area contributed by atoms with Crippen molar-refractivity contribution in [1.82, 2.24) is 14.5 Å². The first-order valence-corrected chi connectivity index (χ1v) is 13.4. The Bertz CT molecular complexity index is 1610. The number of carbonyl (C=O) groups is 1. The van der Waals surface area contributed by atoms with Gasteiger partial charge in [0.1, 0.15) is 16.3 Å². The molecule has 3 aromatic rings. The van der Waals surface area contributed by atoms with E-state index in [2.05, 4.69) is 17.4 Å². The van der Waals surface area contributed by atoms with E-state index >= 15 is 0 Å². The molecule has 1 aromatic heterocycles. The summed E-state index contributed by atoms with van der Waals surface area (Å²) < 4.78 is 14.7. The van der Waals surface area contributed by atoms with Gasteiger partial charge in [0.15, 0.2) is 11.5 Å². The molecule has 0 spiro atoms. The zero-order valence-corrected chi connectivity index (χ0v) is 24.2. The van der Waals surface area contributed by atoms with E-state index in [1.165, 1.54) is 0 Å². The first-order valence-electron chi connectivity index (χ1n) is 13.1. The molecule has 0 bridgehead atoms. The van der Waals surface area contributed by atoms with Crippen LogP contribution in [0.4, 0.5) is 5.69 Å². The van der Waals surface area contributed by atoms with Gasteiger partial charge in [0.25, 0.3) is 5.91 Å². The molecule has 11 heteroatoms. The van der Waals surface area contributed by atoms with Gasteiger partial charge < -0.3 is 26.3 Å². The fourth-order valence-electron chi connectivity index (χ4n) is 5.02. The quantitative estimate of drug-likeness (QED) is 0.283. The summed E-state index contributed by atoms with van der Waals surface area (Å²) in [4.78, 5) is 31.2. The predicted molar refractivity (Wildman–Crippen MR) is 156 cm³/mol. The van der Waals surface area contributed by atoms with Crippen molar-refractivity contribution in [2.75, 3.05) is 20.3 Å². The third-order valence-electron chi connectivity index (χ3n) is 6.85. The zero-order valence-electron chi connectivity index (χ0n) is 23.4. The van der Waals surface area contributed by atoms with E-state index in [1.807, 2.05) is 45.9 Å². The third-order valence-corrected chi connectivity index (χ3v) is 7.05. The number of methoxy groups -OCH3 is 1. The minimum absolute atomic E-state index is 0.111. The van der Waals surface area contributed by atoms with Gasteiger partial charge >= 0.3 is 5.69 Å². The highest BCUT2D eigenvalue weighted by Gasteiger charge is 2.23. The van der Waals surface area contributed by atoms with Crippen LogP contribution in [0.15, 0.2) is 51.0 Å². The molecule has 1 amide bonds. The summed E-state index contributed by atoms with van der Waals surface area (Å²) in [7, 11) is 1.59. The lowest BCUT2D eigenvalue weighted by Crippen LogP contribution is -2.44. The Kier molecular flexibility index (Phi) is 8.58. The number of halogens is 1. The van der Waals surface area contributed by atoms with Crippen LogP contribution >= 0.6 is 11.6 Å². The van der Waals surface area contributed by atoms with Gasteiger partial charge in [-0.25, -0.2) is 9.79 Å². The molecule has 0 unspecified atom stereocenters. The molecular formula is C29H35ClN6O4. The number of nitrogens with two attached hydrogens (primary N) is 2. The van der Waals surface area contributed by atoms with Crippen LogP contribution in [0, 0.1) is 20.8 Å². The van der Waals surface area contributed by atoms with Gasteiger partial charge in [0.05, 0.1) is 25.1 Å². The second-order valence-electron chi connectivity index (χ2n) is 9.69. The standard InChI is InChI=1S/C29H35ClN6O4/c1-6-40-23-13-19-7-9-35-21(20(19)14-22(23)39-5)15-24(34-26-17(3)11-16(2)12-18(26)4)36(29(35)38)10-8-33-28(37)25(31)27(30)32/h11-15H,6-10,31-32H2,1-5H3,(H,33,37)/b27-25-,34-24?. The summed E-state index contributed by atoms with van der Waals surface area (Å²) in [5, 5.41) is 2.37. The number of nitrogens with one attached hydrogen (secondary N) is 1. The maximum absolute atomic E-state index is 13.9. The van der Waals surface area contributed by atoms with Crippen LogP contribution in [0.25, 0.3) is 11.3 Å². The smallest absolute Gasteiger partial charge is 0.330 e. The van der Waals surface area contributed by atoms with E-state index in [1.54, 1.807) is 16.2 Å². The highest BCUT2D eigenvalue weighted by Crippen LogP contribution is 2.37. The lowest BCUT2D eigenvalue weighted by atomic mass is 9.97. The van der Waals surface area contributed by atoms with Crippen molar-refractivity contribution in [3.8, 4) is 22.8 Å². The summed E-state index contributed by atoms with van der Waals surface area (Å²) in [5.41, 5.74) is 17.6. The highest BCUT2D eigenvalue weighted by molar-refractivity contribution is 6.31. The molecule has 0 aliphatic carbocycles. The normalized spacial score (nSPS) is 13.3. The Morgan fingerprint density at radius 3 is 2.42 bits per heavy atom. The van der Waals surface area contributed by atoms with E-state index in [9.17, 15) is 9.59 Å². The summed E-state index contributed by atoms with van der Waals surface area (Å²) in [6, 6.07) is 9.91. The maximum atomic E-state index is 13.9. The Hall–Kier alpha value is -4.18. The number of aromatic nitrogens is 2. The molecule has 2 aromatic carbocycles. The van der Waals surface area contributed by atoms with Gasteiger partial charge in [0, 0.05) is 31.3 Å². The lowest BCUT2D eigenvalue weighted by molar-refractivity contribution is -0.117. The largest absolute Gasteiger partial charge is 0.493 e. The van der Waals surface area contributed by atoms with Crippen LogP contribution in [0.2, 0.25) is 0 Å². The average Bonchev–Trinajstić information content (AvgIpc) is 2.91. The number of carbonyl (C=O) groups excluding carboxylic acids is 1. The molecule has 5 N–H and O–H groups in total. The van der Waals surface area contributed by atoms with Gasteiger partial charge in [-0.05, 0) is 62.9 Å². The van der Waals surface area contributed by atoms with Crippen LogP contribution in [0.3, 0.4) is 0 Å². The molecular weight excluding hydrogens is 532 g/mol. The van der Waals surface area contributed by atoms with Crippen molar-refractivity contribution >= 4 is 23.2 Å². The molecule has 0 atom stereocenters. The predicted octanol–water partition coefficient (Wildman–Crippen LogP) is 2.88. The fourth-order valence-corrected chi connectivity index (χ4v) is 5.11. The van der Waals surface area contributed by atoms with Gasteiger partial charge in [-0.15, -0.1) is 0 Å². The number of nitrogens with zero attached hydrogens (tertiary/aromatic N) is 3. The summed E-state index contributed by atoms with van der Waals surface area (Å²) in [6.45, 7) is 9.21. The molecule has 4 rings (SSSR count). The van der Waals surface area contributed by atoms with E-state index < -0.39 is 5.91 Å². The van der Waals surface area contributed by atoms with Crippen molar-refractivity contribution in [2.45, 2.75) is 47.2 Å². The molecule has 1 aliphatic rings. The van der Waals surface area contributed by atoms with Gasteiger partial charge in [-0.3, -0.25) is 13.9 Å². The number of aryl methyl sites for hydroxylation is 4. The second-order valence-corrected chi connectivity index (χ2v) is 10.1. The van der Waals surface area contributed by atoms with Crippen LogP contribution < -0.4 is 37.4 Å². The zero-order chi connectivity index (χ0) is 29.1. The van der Waals surface area contributed by atoms with Crippen LogP contribution in [0.5, 0.6) is 11.5 Å². The fraction of sp³-hybridized carbons (Fsp3) is 0.345. The van der Waals surface area contributed by atoms with Crippen LogP contribution in [-0.2, 0) is 24.3 Å². The monoisotopic (exact) mass is 566 g/mol. The number of ether oxygens (including phenoxy) is 2. The first-order chi connectivity index (χ1) is 19.0. The Morgan fingerprint density at radius 1 is 1.10 bits per heavy atom. The first kappa shape index (κ1) is 28.8. The molecule has 0 fully saturated rings. The topological polar surface area (TPSA) is 139 Å². The Balaban J connectivity index is 1.89. The molecule has 0 saturated carbocycles. The van der Waals surface area contributed by atoms with E-state index in [0.717, 1.165) is 39.2 Å². The van der Waals surface area contributed by atoms with Crippen molar-refractivity contribution in [2.24, 2.45) is 16.5 Å². The Morgan fingerprint density at radius 2 is 1.80 bits per heavy atom. The van der Waals surface area contributed by atoms with Crippen molar-refractivity contribution in [3.63, 3.8) is 0 Å².